The van der Waals surface area contributed by atoms with Crippen molar-refractivity contribution in [2.24, 2.45) is 0 Å². The number of aryl methyl sites for hydroxylation is 1. The summed E-state index contributed by atoms with van der Waals surface area (Å²) < 4.78 is 16.5. The molecule has 0 amide bonds. The summed E-state index contributed by atoms with van der Waals surface area (Å²) in [5.74, 6) is 2.50. The van der Waals surface area contributed by atoms with Gasteiger partial charge in [0.25, 0.3) is 0 Å². The summed E-state index contributed by atoms with van der Waals surface area (Å²) in [5.41, 5.74) is 0.549. The average molecular weight is 295 g/mol. The first-order valence-corrected chi connectivity index (χ1v) is 6.92. The van der Waals surface area contributed by atoms with Crippen molar-refractivity contribution in [2.45, 2.75) is 19.4 Å². The fourth-order valence-electron chi connectivity index (χ4n) is 2.17. The van der Waals surface area contributed by atoms with Gasteiger partial charge in [0.1, 0.15) is 30.8 Å². The molecule has 0 saturated heterocycles. The van der Waals surface area contributed by atoms with E-state index >= 15 is 0 Å². The molecule has 3 rings (SSSR count). The molecule has 1 unspecified atom stereocenters. The Balaban J connectivity index is 1.96. The highest BCUT2D eigenvalue weighted by Gasteiger charge is 2.22. The summed E-state index contributed by atoms with van der Waals surface area (Å²) in [4.78, 5) is 0. The van der Waals surface area contributed by atoms with Gasteiger partial charge in [-0.15, -0.1) is 0 Å². The molecule has 0 bridgehead atoms. The highest BCUT2D eigenvalue weighted by Crippen LogP contribution is 2.39. The molecule has 1 atom stereocenters. The number of halogens is 1. The normalized spacial score (nSPS) is 15.2. The molecule has 0 saturated carbocycles. The first kappa shape index (κ1) is 13.3. The molecule has 1 aliphatic rings. The number of rotatable bonds is 3. The predicted molar refractivity (Wildman–Crippen MR) is 74.6 cm³/mol. The van der Waals surface area contributed by atoms with Crippen molar-refractivity contribution in [3.63, 3.8) is 0 Å². The summed E-state index contributed by atoms with van der Waals surface area (Å²) >= 11 is 6.21. The minimum atomic E-state index is -0.918. The number of hydrogen-bond acceptors (Lipinski definition) is 4. The van der Waals surface area contributed by atoms with Crippen LogP contribution in [0.1, 0.15) is 30.1 Å². The maximum atomic E-state index is 10.4. The van der Waals surface area contributed by atoms with Crippen molar-refractivity contribution in [2.75, 3.05) is 13.2 Å². The highest BCUT2D eigenvalue weighted by atomic mass is 35.5. The Kier molecular flexibility index (Phi) is 3.59. The van der Waals surface area contributed by atoms with Crippen molar-refractivity contribution < 1.29 is 19.0 Å². The minimum Gasteiger partial charge on any atom is -0.486 e. The molecular formula is C15H15ClO4. The Morgan fingerprint density at radius 3 is 2.55 bits per heavy atom. The van der Waals surface area contributed by atoms with Crippen LogP contribution in [-0.2, 0) is 6.42 Å². The zero-order valence-corrected chi connectivity index (χ0v) is 11.8. The van der Waals surface area contributed by atoms with Gasteiger partial charge in [-0.25, -0.2) is 0 Å². The third-order valence-electron chi connectivity index (χ3n) is 3.26. The van der Waals surface area contributed by atoms with E-state index < -0.39 is 6.10 Å². The zero-order chi connectivity index (χ0) is 14.1. The van der Waals surface area contributed by atoms with Crippen molar-refractivity contribution in [3.05, 3.63) is 46.4 Å². The second-order valence-electron chi connectivity index (χ2n) is 4.58. The zero-order valence-electron chi connectivity index (χ0n) is 11.1. The Labute approximate surface area is 121 Å². The third-order valence-corrected chi connectivity index (χ3v) is 3.58. The smallest absolute Gasteiger partial charge is 0.162 e. The standard InChI is InChI=1S/C15H15ClO4/c1-2-9-3-4-12(20-9)15(17)10-7-13-14(8-11(10)16)19-6-5-18-13/h3-4,7-8,15,17H,2,5-6H2,1H3. The molecule has 2 heterocycles. The summed E-state index contributed by atoms with van der Waals surface area (Å²) in [5, 5.41) is 10.8. The van der Waals surface area contributed by atoms with Crippen molar-refractivity contribution >= 4 is 11.6 Å². The van der Waals surface area contributed by atoms with Gasteiger partial charge in [0.05, 0.1) is 5.02 Å². The Bertz CT molecular complexity index is 620. The van der Waals surface area contributed by atoms with Gasteiger partial charge < -0.3 is 19.0 Å². The molecule has 4 nitrogen and oxygen atoms in total. The van der Waals surface area contributed by atoms with Crippen LogP contribution in [0.25, 0.3) is 0 Å². The lowest BCUT2D eigenvalue weighted by Crippen LogP contribution is -2.16. The molecule has 20 heavy (non-hydrogen) atoms. The summed E-state index contributed by atoms with van der Waals surface area (Å²) in [6.07, 6.45) is -0.139. The number of benzene rings is 1. The average Bonchev–Trinajstić information content (AvgIpc) is 2.94. The Hall–Kier alpha value is -1.65. The lowest BCUT2D eigenvalue weighted by molar-refractivity contribution is 0.167. The third kappa shape index (κ3) is 2.37. The van der Waals surface area contributed by atoms with Crippen LogP contribution >= 0.6 is 11.6 Å². The molecule has 1 aliphatic heterocycles. The van der Waals surface area contributed by atoms with Crippen molar-refractivity contribution in [1.82, 2.24) is 0 Å². The van der Waals surface area contributed by atoms with E-state index in [1.807, 2.05) is 13.0 Å². The number of hydrogen-bond donors (Lipinski definition) is 1. The van der Waals surface area contributed by atoms with Gasteiger partial charge in [-0.1, -0.05) is 18.5 Å². The molecule has 106 valence electrons. The predicted octanol–water partition coefficient (Wildman–Crippen LogP) is 3.35. The summed E-state index contributed by atoms with van der Waals surface area (Å²) in [6.45, 7) is 2.99. The molecule has 0 spiro atoms. The maximum absolute atomic E-state index is 10.4. The molecular weight excluding hydrogens is 280 g/mol. The minimum absolute atomic E-state index is 0.427. The molecule has 0 aliphatic carbocycles. The van der Waals surface area contributed by atoms with Crippen molar-refractivity contribution in [1.29, 1.82) is 0 Å². The first-order chi connectivity index (χ1) is 9.69. The SMILES string of the molecule is CCc1ccc(C(O)c2cc3c(cc2Cl)OCCO3)o1. The lowest BCUT2D eigenvalue weighted by atomic mass is 10.1. The number of furan rings is 1. The highest BCUT2D eigenvalue weighted by molar-refractivity contribution is 6.31. The van der Waals surface area contributed by atoms with Crippen LogP contribution in [0.4, 0.5) is 0 Å². The van der Waals surface area contributed by atoms with Crippen molar-refractivity contribution in [3.8, 4) is 11.5 Å². The second-order valence-corrected chi connectivity index (χ2v) is 4.98. The van der Waals surface area contributed by atoms with Crippen LogP contribution in [0.3, 0.4) is 0 Å². The van der Waals surface area contributed by atoms with Gasteiger partial charge in [0.2, 0.25) is 0 Å². The number of aliphatic hydroxyl groups is 1. The molecule has 5 heteroatoms. The Morgan fingerprint density at radius 2 is 1.90 bits per heavy atom. The monoisotopic (exact) mass is 294 g/mol. The number of ether oxygens (including phenoxy) is 2. The maximum Gasteiger partial charge on any atom is 0.162 e. The van der Waals surface area contributed by atoms with Gasteiger partial charge in [-0.3, -0.25) is 0 Å². The fourth-order valence-corrected chi connectivity index (χ4v) is 2.43. The topological polar surface area (TPSA) is 51.8 Å². The van der Waals surface area contributed by atoms with Crippen LogP contribution in [0.5, 0.6) is 11.5 Å². The van der Waals surface area contributed by atoms with Gasteiger partial charge >= 0.3 is 0 Å². The largest absolute Gasteiger partial charge is 0.486 e. The molecule has 1 aromatic heterocycles. The van der Waals surface area contributed by atoms with E-state index in [0.717, 1.165) is 12.2 Å². The van der Waals surface area contributed by atoms with E-state index in [2.05, 4.69) is 0 Å². The quantitative estimate of drug-likeness (QED) is 0.943. The number of aliphatic hydroxyl groups excluding tert-OH is 1. The fraction of sp³-hybridized carbons (Fsp3) is 0.333. The molecule has 0 radical (unpaired) electrons. The van der Waals surface area contributed by atoms with Gasteiger partial charge in [0, 0.05) is 18.1 Å². The van der Waals surface area contributed by atoms with E-state index in [4.69, 9.17) is 25.5 Å². The molecule has 0 fully saturated rings. The van der Waals surface area contributed by atoms with Gasteiger partial charge in [0.15, 0.2) is 11.5 Å². The van der Waals surface area contributed by atoms with E-state index in [0.29, 0.717) is 41.1 Å². The summed E-state index contributed by atoms with van der Waals surface area (Å²) in [7, 11) is 0. The van der Waals surface area contributed by atoms with E-state index in [1.54, 1.807) is 18.2 Å². The van der Waals surface area contributed by atoms with Crippen LogP contribution < -0.4 is 9.47 Å². The Morgan fingerprint density at radius 1 is 1.20 bits per heavy atom. The summed E-state index contributed by atoms with van der Waals surface area (Å²) in [6, 6.07) is 6.98. The van der Waals surface area contributed by atoms with Crippen LogP contribution in [-0.4, -0.2) is 18.3 Å². The van der Waals surface area contributed by atoms with E-state index in [-0.39, 0.29) is 0 Å². The molecule has 2 aromatic rings. The molecule has 1 aromatic carbocycles. The number of fused-ring (bicyclic) bond motifs is 1. The first-order valence-electron chi connectivity index (χ1n) is 6.54. The van der Waals surface area contributed by atoms with Crippen LogP contribution in [0, 0.1) is 0 Å². The molecule has 1 N–H and O–H groups in total. The lowest BCUT2D eigenvalue weighted by Gasteiger charge is -2.21. The van der Waals surface area contributed by atoms with Gasteiger partial charge in [-0.05, 0) is 18.2 Å². The second kappa shape index (κ2) is 5.38. The van der Waals surface area contributed by atoms with E-state index in [1.165, 1.54) is 0 Å². The van der Waals surface area contributed by atoms with Gasteiger partial charge in [-0.2, -0.15) is 0 Å². The van der Waals surface area contributed by atoms with E-state index in [9.17, 15) is 5.11 Å². The van der Waals surface area contributed by atoms with Crippen LogP contribution in [0.2, 0.25) is 5.02 Å². The van der Waals surface area contributed by atoms with Crippen LogP contribution in [0.15, 0.2) is 28.7 Å².